The second-order valence-electron chi connectivity index (χ2n) is 4.36. The van der Waals surface area contributed by atoms with Crippen LogP contribution in [-0.4, -0.2) is 9.97 Å². The predicted octanol–water partition coefficient (Wildman–Crippen LogP) is 2.24. The average molecular weight is 255 g/mol. The number of thiocarbonyl (C=S) groups is 1. The van der Waals surface area contributed by atoms with Crippen molar-refractivity contribution < 1.29 is 0 Å². The van der Waals surface area contributed by atoms with Crippen LogP contribution in [-0.2, 0) is 13.1 Å². The molecule has 0 unspecified atom stereocenters. The van der Waals surface area contributed by atoms with Crippen LogP contribution in [0.2, 0.25) is 0 Å². The SMILES string of the molecule is NC(=S)c1cccnc1N1Cc2ccccc2C1. The molecule has 3 nitrogen and oxygen atoms in total. The van der Waals surface area contributed by atoms with Crippen molar-refractivity contribution >= 4 is 23.0 Å². The van der Waals surface area contributed by atoms with Crippen molar-refractivity contribution in [2.45, 2.75) is 13.1 Å². The van der Waals surface area contributed by atoms with Crippen LogP contribution in [0.1, 0.15) is 16.7 Å². The van der Waals surface area contributed by atoms with Gasteiger partial charge in [-0.05, 0) is 23.3 Å². The van der Waals surface area contributed by atoms with E-state index in [9.17, 15) is 0 Å². The normalized spacial score (nSPS) is 13.4. The smallest absolute Gasteiger partial charge is 0.139 e. The lowest BCUT2D eigenvalue weighted by Gasteiger charge is -2.19. The Morgan fingerprint density at radius 3 is 2.39 bits per heavy atom. The van der Waals surface area contributed by atoms with Gasteiger partial charge in [0.15, 0.2) is 0 Å². The molecule has 90 valence electrons. The van der Waals surface area contributed by atoms with Gasteiger partial charge in [0.25, 0.3) is 0 Å². The maximum Gasteiger partial charge on any atom is 0.139 e. The van der Waals surface area contributed by atoms with Crippen molar-refractivity contribution in [3.8, 4) is 0 Å². The number of hydrogen-bond donors (Lipinski definition) is 1. The molecule has 0 bridgehead atoms. The highest BCUT2D eigenvalue weighted by Gasteiger charge is 2.22. The molecule has 0 radical (unpaired) electrons. The molecule has 2 heterocycles. The fraction of sp³-hybridized carbons (Fsp3) is 0.143. The third kappa shape index (κ3) is 1.84. The summed E-state index contributed by atoms with van der Waals surface area (Å²) in [6.07, 6.45) is 1.78. The number of nitrogens with zero attached hydrogens (tertiary/aromatic N) is 2. The molecule has 1 aliphatic heterocycles. The Kier molecular flexibility index (Phi) is 2.72. The first-order chi connectivity index (χ1) is 8.75. The van der Waals surface area contributed by atoms with E-state index in [4.69, 9.17) is 18.0 Å². The number of benzene rings is 1. The molecule has 0 atom stereocenters. The number of anilines is 1. The maximum absolute atomic E-state index is 5.75. The summed E-state index contributed by atoms with van der Waals surface area (Å²) in [5.41, 5.74) is 9.29. The summed E-state index contributed by atoms with van der Waals surface area (Å²) in [5.74, 6) is 0.876. The minimum absolute atomic E-state index is 0.397. The van der Waals surface area contributed by atoms with Crippen molar-refractivity contribution in [3.63, 3.8) is 0 Å². The van der Waals surface area contributed by atoms with E-state index in [1.165, 1.54) is 11.1 Å². The van der Waals surface area contributed by atoms with Gasteiger partial charge in [-0.3, -0.25) is 0 Å². The van der Waals surface area contributed by atoms with E-state index in [0.717, 1.165) is 24.5 Å². The van der Waals surface area contributed by atoms with E-state index < -0.39 is 0 Å². The summed E-state index contributed by atoms with van der Waals surface area (Å²) in [6, 6.07) is 12.2. The Morgan fingerprint density at radius 2 is 1.78 bits per heavy atom. The molecule has 0 saturated heterocycles. The van der Waals surface area contributed by atoms with Gasteiger partial charge in [0.05, 0.1) is 5.56 Å². The zero-order valence-electron chi connectivity index (χ0n) is 9.84. The minimum Gasteiger partial charge on any atom is -0.389 e. The van der Waals surface area contributed by atoms with Crippen LogP contribution >= 0.6 is 12.2 Å². The van der Waals surface area contributed by atoms with Gasteiger partial charge < -0.3 is 10.6 Å². The Labute approximate surface area is 111 Å². The quantitative estimate of drug-likeness (QED) is 0.836. The van der Waals surface area contributed by atoms with Crippen molar-refractivity contribution in [3.05, 3.63) is 59.3 Å². The number of rotatable bonds is 2. The standard InChI is InChI=1S/C14H13N3S/c15-13(18)12-6-3-7-16-14(12)17-8-10-4-1-2-5-11(10)9-17/h1-7H,8-9H2,(H2,15,18). The lowest BCUT2D eigenvalue weighted by molar-refractivity contribution is 0.855. The van der Waals surface area contributed by atoms with Gasteiger partial charge in [-0.2, -0.15) is 0 Å². The van der Waals surface area contributed by atoms with Crippen molar-refractivity contribution in [1.29, 1.82) is 0 Å². The summed E-state index contributed by atoms with van der Waals surface area (Å²) >= 11 is 5.08. The minimum atomic E-state index is 0.397. The Balaban J connectivity index is 1.98. The maximum atomic E-state index is 5.75. The van der Waals surface area contributed by atoms with Crippen LogP contribution in [0.4, 0.5) is 5.82 Å². The van der Waals surface area contributed by atoms with E-state index in [0.29, 0.717) is 4.99 Å². The second-order valence-corrected chi connectivity index (χ2v) is 4.80. The van der Waals surface area contributed by atoms with Gasteiger partial charge in [-0.15, -0.1) is 0 Å². The van der Waals surface area contributed by atoms with Crippen LogP contribution in [0.3, 0.4) is 0 Å². The van der Waals surface area contributed by atoms with E-state index >= 15 is 0 Å². The lowest BCUT2D eigenvalue weighted by Crippen LogP contribution is -2.21. The Hall–Kier alpha value is -1.94. The molecule has 0 fully saturated rings. The monoisotopic (exact) mass is 255 g/mol. The molecular formula is C14H13N3S. The summed E-state index contributed by atoms with van der Waals surface area (Å²) in [6.45, 7) is 1.73. The highest BCUT2D eigenvalue weighted by atomic mass is 32.1. The molecule has 3 rings (SSSR count). The fourth-order valence-electron chi connectivity index (χ4n) is 2.32. The van der Waals surface area contributed by atoms with E-state index in [2.05, 4.69) is 34.1 Å². The first-order valence-electron chi connectivity index (χ1n) is 5.82. The summed E-state index contributed by atoms with van der Waals surface area (Å²) < 4.78 is 0. The molecule has 0 saturated carbocycles. The molecule has 2 aromatic rings. The van der Waals surface area contributed by atoms with Gasteiger partial charge in [0.2, 0.25) is 0 Å². The first kappa shape index (κ1) is 11.2. The molecule has 0 amide bonds. The molecule has 1 aliphatic rings. The van der Waals surface area contributed by atoms with Crippen molar-refractivity contribution in [1.82, 2.24) is 4.98 Å². The largest absolute Gasteiger partial charge is 0.389 e. The number of hydrogen-bond acceptors (Lipinski definition) is 3. The molecule has 4 heteroatoms. The second kappa shape index (κ2) is 4.38. The molecule has 0 spiro atoms. The molecule has 2 N–H and O–H groups in total. The Bertz CT molecular complexity index is 584. The van der Waals surface area contributed by atoms with Crippen LogP contribution < -0.4 is 10.6 Å². The van der Waals surface area contributed by atoms with E-state index in [-0.39, 0.29) is 0 Å². The topological polar surface area (TPSA) is 42.1 Å². The molecule has 1 aromatic heterocycles. The number of pyridine rings is 1. The van der Waals surface area contributed by atoms with Crippen LogP contribution in [0.5, 0.6) is 0 Å². The van der Waals surface area contributed by atoms with Crippen LogP contribution in [0.25, 0.3) is 0 Å². The third-order valence-electron chi connectivity index (χ3n) is 3.19. The highest BCUT2D eigenvalue weighted by molar-refractivity contribution is 7.80. The van der Waals surface area contributed by atoms with E-state index in [1.807, 2.05) is 12.1 Å². The van der Waals surface area contributed by atoms with Crippen molar-refractivity contribution in [2.75, 3.05) is 4.90 Å². The van der Waals surface area contributed by atoms with Crippen molar-refractivity contribution in [2.24, 2.45) is 5.73 Å². The predicted molar refractivity (Wildman–Crippen MR) is 76.5 cm³/mol. The van der Waals surface area contributed by atoms with Gasteiger partial charge in [0, 0.05) is 19.3 Å². The number of fused-ring (bicyclic) bond motifs is 1. The van der Waals surface area contributed by atoms with Gasteiger partial charge >= 0.3 is 0 Å². The number of nitrogens with two attached hydrogens (primary N) is 1. The van der Waals surface area contributed by atoms with Gasteiger partial charge in [0.1, 0.15) is 10.8 Å². The summed E-state index contributed by atoms with van der Waals surface area (Å²) in [7, 11) is 0. The molecule has 0 aliphatic carbocycles. The average Bonchev–Trinajstić information content (AvgIpc) is 2.82. The third-order valence-corrected chi connectivity index (χ3v) is 3.41. The summed E-state index contributed by atoms with van der Waals surface area (Å²) in [4.78, 5) is 7.03. The Morgan fingerprint density at radius 1 is 1.11 bits per heavy atom. The molecule has 1 aromatic carbocycles. The zero-order valence-corrected chi connectivity index (χ0v) is 10.7. The molecular weight excluding hydrogens is 242 g/mol. The van der Waals surface area contributed by atoms with Crippen LogP contribution in [0.15, 0.2) is 42.6 Å². The summed E-state index contributed by atoms with van der Waals surface area (Å²) in [5, 5.41) is 0. The van der Waals surface area contributed by atoms with Gasteiger partial charge in [-0.25, -0.2) is 4.98 Å². The molecule has 18 heavy (non-hydrogen) atoms. The van der Waals surface area contributed by atoms with E-state index in [1.54, 1.807) is 6.20 Å². The lowest BCUT2D eigenvalue weighted by atomic mass is 10.1. The number of aromatic nitrogens is 1. The van der Waals surface area contributed by atoms with Crippen LogP contribution in [0, 0.1) is 0 Å². The highest BCUT2D eigenvalue weighted by Crippen LogP contribution is 2.28. The van der Waals surface area contributed by atoms with Gasteiger partial charge in [-0.1, -0.05) is 36.5 Å². The fourth-order valence-corrected chi connectivity index (χ4v) is 2.48. The first-order valence-corrected chi connectivity index (χ1v) is 6.23. The zero-order chi connectivity index (χ0) is 12.5.